The number of nitrogens with one attached hydrogen (secondary N) is 2. The van der Waals surface area contributed by atoms with Crippen LogP contribution in [-0.2, 0) is 12.6 Å². The quantitative estimate of drug-likeness (QED) is 0.271. The van der Waals surface area contributed by atoms with E-state index in [1.54, 1.807) is 12.1 Å². The molecule has 0 aliphatic heterocycles. The smallest absolute Gasteiger partial charge is 0.432 e. The van der Waals surface area contributed by atoms with Crippen molar-refractivity contribution in [3.8, 4) is 23.0 Å². The number of aliphatic hydroxyl groups is 1. The molecule has 0 spiro atoms. The summed E-state index contributed by atoms with van der Waals surface area (Å²) in [6, 6.07) is 16.3. The van der Waals surface area contributed by atoms with Crippen molar-refractivity contribution >= 4 is 26.7 Å². The molecule has 6 rings (SSSR count). The number of ether oxygens (including phenoxy) is 1. The van der Waals surface area contributed by atoms with Crippen LogP contribution in [0.2, 0.25) is 0 Å². The monoisotopic (exact) mass is 509 g/mol. The number of aliphatic hydroxyl groups excluding tert-OH is 1. The Morgan fingerprint density at radius 1 is 1.06 bits per heavy atom. The van der Waals surface area contributed by atoms with Gasteiger partial charge in [0.25, 0.3) is 0 Å². The first kappa shape index (κ1) is 22.5. The van der Waals surface area contributed by atoms with E-state index in [1.165, 1.54) is 23.6 Å². The lowest BCUT2D eigenvalue weighted by atomic mass is 10.1. The van der Waals surface area contributed by atoms with Gasteiger partial charge in [-0.2, -0.15) is 13.2 Å². The topological polar surface area (TPSA) is 95.9 Å². The van der Waals surface area contributed by atoms with Gasteiger partial charge in [0.2, 0.25) is 0 Å². The van der Waals surface area contributed by atoms with Crippen molar-refractivity contribution in [2.75, 3.05) is 5.32 Å². The van der Waals surface area contributed by atoms with Crippen LogP contribution in [0.25, 0.3) is 21.7 Å². The molecule has 0 fully saturated rings. The van der Waals surface area contributed by atoms with Crippen LogP contribution in [0.3, 0.4) is 0 Å². The van der Waals surface area contributed by atoms with E-state index in [2.05, 4.69) is 25.3 Å². The number of pyridine rings is 1. The Kier molecular flexibility index (Phi) is 5.38. The predicted molar refractivity (Wildman–Crippen MR) is 129 cm³/mol. The Bertz CT molecular complexity index is 1560. The molecule has 5 aromatic rings. The van der Waals surface area contributed by atoms with Crippen LogP contribution < -0.4 is 10.1 Å². The minimum absolute atomic E-state index is 0.00271. The third-order valence-electron chi connectivity index (χ3n) is 5.93. The number of thiazole rings is 1. The molecule has 2 aromatic carbocycles. The summed E-state index contributed by atoms with van der Waals surface area (Å²) < 4.78 is 45.4. The van der Waals surface area contributed by atoms with E-state index in [0.717, 1.165) is 27.5 Å². The minimum Gasteiger partial charge on any atom is -0.457 e. The zero-order valence-electron chi connectivity index (χ0n) is 18.5. The number of hydrogen-bond acceptors (Lipinski definition) is 7. The van der Waals surface area contributed by atoms with Crippen LogP contribution >= 0.6 is 11.3 Å². The van der Waals surface area contributed by atoms with E-state index in [4.69, 9.17) is 4.74 Å². The maximum absolute atomic E-state index is 12.9. The van der Waals surface area contributed by atoms with E-state index < -0.39 is 18.0 Å². The summed E-state index contributed by atoms with van der Waals surface area (Å²) in [4.78, 5) is 14.7. The number of anilines is 1. The van der Waals surface area contributed by atoms with Gasteiger partial charge in [-0.05, 0) is 29.3 Å². The number of alkyl halides is 3. The average Bonchev–Trinajstić information content (AvgIpc) is 3.57. The van der Waals surface area contributed by atoms with E-state index in [-0.39, 0.29) is 17.6 Å². The molecule has 0 saturated carbocycles. The third-order valence-corrected chi connectivity index (χ3v) is 6.88. The summed E-state index contributed by atoms with van der Waals surface area (Å²) in [5.74, 6) is 0.937. The Balaban J connectivity index is 1.21. The molecule has 3 aromatic heterocycles. The summed E-state index contributed by atoms with van der Waals surface area (Å²) >= 11 is 1.44. The summed E-state index contributed by atoms with van der Waals surface area (Å²) in [6.45, 7) is 0. The molecule has 36 heavy (non-hydrogen) atoms. The highest BCUT2D eigenvalue weighted by molar-refractivity contribution is 7.22. The number of benzene rings is 2. The lowest BCUT2D eigenvalue weighted by molar-refractivity contribution is -0.140. The van der Waals surface area contributed by atoms with Gasteiger partial charge in [0.15, 0.2) is 11.0 Å². The number of fused-ring (bicyclic) bond motifs is 2. The average molecular weight is 510 g/mol. The fourth-order valence-corrected chi connectivity index (χ4v) is 5.18. The second kappa shape index (κ2) is 8.61. The van der Waals surface area contributed by atoms with Gasteiger partial charge in [0.05, 0.1) is 28.6 Å². The second-order valence-corrected chi connectivity index (χ2v) is 9.39. The summed E-state index contributed by atoms with van der Waals surface area (Å²) in [6.07, 6.45) is -2.28. The lowest BCUT2D eigenvalue weighted by Gasteiger charge is -2.16. The highest BCUT2D eigenvalue weighted by Gasteiger charge is 2.33. The molecule has 182 valence electrons. The number of aromatic nitrogens is 4. The number of nitrogens with zero attached hydrogens (tertiary/aromatic N) is 3. The highest BCUT2D eigenvalue weighted by Crippen LogP contribution is 2.37. The largest absolute Gasteiger partial charge is 0.457 e. The zero-order valence-corrected chi connectivity index (χ0v) is 19.3. The lowest BCUT2D eigenvalue weighted by Crippen LogP contribution is -2.20. The number of hydrogen-bond donors (Lipinski definition) is 3. The van der Waals surface area contributed by atoms with Gasteiger partial charge in [0.1, 0.15) is 22.9 Å². The van der Waals surface area contributed by atoms with Gasteiger partial charge < -0.3 is 20.1 Å². The summed E-state index contributed by atoms with van der Waals surface area (Å²) in [5, 5.41) is 14.6. The number of imidazole rings is 1. The maximum atomic E-state index is 12.9. The molecular formula is C25H18F3N5O2S. The minimum atomic E-state index is -4.52. The number of rotatable bonds is 5. The van der Waals surface area contributed by atoms with Gasteiger partial charge in [-0.1, -0.05) is 35.6 Å². The molecule has 1 unspecified atom stereocenters. The van der Waals surface area contributed by atoms with Crippen LogP contribution in [0.1, 0.15) is 22.9 Å². The van der Waals surface area contributed by atoms with Crippen LogP contribution in [0, 0.1) is 0 Å². The Hall–Kier alpha value is -3.96. The van der Waals surface area contributed by atoms with E-state index in [1.807, 2.05) is 36.4 Å². The fourth-order valence-electron chi connectivity index (χ4n) is 4.25. The van der Waals surface area contributed by atoms with Gasteiger partial charge in [-0.3, -0.25) is 4.98 Å². The second-order valence-electron chi connectivity index (χ2n) is 8.36. The van der Waals surface area contributed by atoms with Gasteiger partial charge >= 0.3 is 6.18 Å². The Labute approximate surface area is 206 Å². The zero-order chi connectivity index (χ0) is 24.9. The standard InChI is InChI=1S/C25H18F3N5O2S/c26-25(27,28)21-12-30-23(32-21)18-10-15(7-8-29-18)35-14-5-6-17-20(11-14)36-24(31-17)33-22-16-4-2-1-3-13(16)9-19(22)34/h1-8,10-12,19,22,34H,9H2,(H,30,32)(H,31,33)/t19-,22?/m0/s1. The van der Waals surface area contributed by atoms with Crippen molar-refractivity contribution in [2.45, 2.75) is 24.7 Å². The van der Waals surface area contributed by atoms with Crippen LogP contribution in [-0.4, -0.2) is 31.1 Å². The Morgan fingerprint density at radius 3 is 2.72 bits per heavy atom. The van der Waals surface area contributed by atoms with Crippen molar-refractivity contribution in [1.82, 2.24) is 19.9 Å². The molecule has 2 atom stereocenters. The normalized spacial score (nSPS) is 17.3. The highest BCUT2D eigenvalue weighted by atomic mass is 32.1. The van der Waals surface area contributed by atoms with Gasteiger partial charge in [-0.25, -0.2) is 9.97 Å². The molecule has 11 heteroatoms. The molecule has 1 aliphatic carbocycles. The first-order valence-corrected chi connectivity index (χ1v) is 11.8. The molecule has 0 amide bonds. The molecule has 1 aliphatic rings. The first-order chi connectivity index (χ1) is 17.3. The number of aromatic amines is 1. The van der Waals surface area contributed by atoms with Crippen molar-refractivity contribution in [2.24, 2.45) is 0 Å². The Morgan fingerprint density at radius 2 is 1.89 bits per heavy atom. The van der Waals surface area contributed by atoms with E-state index in [9.17, 15) is 18.3 Å². The van der Waals surface area contributed by atoms with Crippen LogP contribution in [0.5, 0.6) is 11.5 Å². The van der Waals surface area contributed by atoms with Gasteiger partial charge in [0, 0.05) is 24.8 Å². The van der Waals surface area contributed by atoms with E-state index >= 15 is 0 Å². The van der Waals surface area contributed by atoms with Crippen molar-refractivity contribution in [3.05, 3.63) is 83.8 Å². The predicted octanol–water partition coefficient (Wildman–Crippen LogP) is 5.96. The molecule has 0 radical (unpaired) electrons. The molecule has 3 heterocycles. The van der Waals surface area contributed by atoms with Gasteiger partial charge in [-0.15, -0.1) is 0 Å². The van der Waals surface area contributed by atoms with Crippen molar-refractivity contribution in [3.63, 3.8) is 0 Å². The summed E-state index contributed by atoms with van der Waals surface area (Å²) in [5.41, 5.74) is 2.25. The molecule has 3 N–H and O–H groups in total. The first-order valence-electron chi connectivity index (χ1n) is 11.0. The van der Waals surface area contributed by atoms with E-state index in [0.29, 0.717) is 23.1 Å². The number of H-pyrrole nitrogens is 1. The molecule has 0 saturated heterocycles. The van der Waals surface area contributed by atoms with Crippen molar-refractivity contribution < 1.29 is 23.0 Å². The fraction of sp³-hybridized carbons (Fsp3) is 0.160. The summed E-state index contributed by atoms with van der Waals surface area (Å²) in [7, 11) is 0. The van der Waals surface area contributed by atoms with Crippen LogP contribution in [0.4, 0.5) is 18.3 Å². The molecule has 7 nitrogen and oxygen atoms in total. The van der Waals surface area contributed by atoms with Crippen LogP contribution in [0.15, 0.2) is 67.0 Å². The molecular weight excluding hydrogens is 491 g/mol. The maximum Gasteiger partial charge on any atom is 0.432 e. The SMILES string of the molecule is O[C@H]1Cc2ccccc2C1Nc1nc2ccc(Oc3ccnc(-c4ncc(C(F)(F)F)[nH]4)c3)cc2s1. The molecule has 0 bridgehead atoms. The number of halogens is 3. The third kappa shape index (κ3) is 4.27. The van der Waals surface area contributed by atoms with Crippen molar-refractivity contribution in [1.29, 1.82) is 0 Å².